The molecule has 2 heterocycles. The summed E-state index contributed by atoms with van der Waals surface area (Å²) >= 11 is 1.44. The minimum Gasteiger partial charge on any atom is -0.350 e. The Hall–Kier alpha value is -1.08. The van der Waals surface area contributed by atoms with Crippen LogP contribution in [0.15, 0.2) is 5.51 Å². The van der Waals surface area contributed by atoms with Crippen LogP contribution in [0.4, 0.5) is 8.78 Å². The Bertz CT molecular complexity index is 421. The highest BCUT2D eigenvalue weighted by molar-refractivity contribution is 7.09. The van der Waals surface area contributed by atoms with Gasteiger partial charge in [0, 0.05) is 11.3 Å². The SMILES string of the molecule is Cc1ncsc1CNC(=O)C1CC(F)(F)CN1. The molecule has 1 atom stereocenters. The van der Waals surface area contributed by atoms with Crippen LogP contribution in [-0.2, 0) is 11.3 Å². The lowest BCUT2D eigenvalue weighted by Gasteiger charge is -2.10. The van der Waals surface area contributed by atoms with E-state index in [2.05, 4.69) is 15.6 Å². The Morgan fingerprint density at radius 3 is 3.06 bits per heavy atom. The molecule has 0 aromatic carbocycles. The zero-order chi connectivity index (χ0) is 12.5. The summed E-state index contributed by atoms with van der Waals surface area (Å²) in [5.41, 5.74) is 2.55. The molecule has 0 spiro atoms. The zero-order valence-corrected chi connectivity index (χ0v) is 10.1. The van der Waals surface area contributed by atoms with Crippen molar-refractivity contribution < 1.29 is 13.6 Å². The standard InChI is InChI=1S/C10H13F2N3OS/c1-6-8(17-5-15-6)3-13-9(16)7-2-10(11,12)4-14-7/h5,7,14H,2-4H2,1H3,(H,13,16). The van der Waals surface area contributed by atoms with Gasteiger partial charge in [0.15, 0.2) is 0 Å². The van der Waals surface area contributed by atoms with Crippen LogP contribution < -0.4 is 10.6 Å². The van der Waals surface area contributed by atoms with Crippen LogP contribution in [0.25, 0.3) is 0 Å². The van der Waals surface area contributed by atoms with Crippen LogP contribution in [0.5, 0.6) is 0 Å². The third kappa shape index (κ3) is 2.98. The topological polar surface area (TPSA) is 54.0 Å². The number of hydrogen-bond acceptors (Lipinski definition) is 4. The Kier molecular flexibility index (Phi) is 3.39. The van der Waals surface area contributed by atoms with Crippen molar-refractivity contribution >= 4 is 17.2 Å². The number of nitrogens with zero attached hydrogens (tertiary/aromatic N) is 1. The molecule has 1 aromatic heterocycles. The van der Waals surface area contributed by atoms with Crippen molar-refractivity contribution in [1.29, 1.82) is 0 Å². The molecule has 17 heavy (non-hydrogen) atoms. The molecule has 0 saturated carbocycles. The summed E-state index contributed by atoms with van der Waals surface area (Å²) in [4.78, 5) is 16.6. The second-order valence-corrected chi connectivity index (χ2v) is 5.01. The van der Waals surface area contributed by atoms with Crippen molar-refractivity contribution in [3.05, 3.63) is 16.1 Å². The van der Waals surface area contributed by atoms with Crippen molar-refractivity contribution in [2.24, 2.45) is 0 Å². The normalized spacial score (nSPS) is 22.6. The zero-order valence-electron chi connectivity index (χ0n) is 9.30. The molecule has 1 fully saturated rings. The Morgan fingerprint density at radius 1 is 1.76 bits per heavy atom. The highest BCUT2D eigenvalue weighted by Crippen LogP contribution is 2.25. The molecule has 2 N–H and O–H groups in total. The van der Waals surface area contributed by atoms with E-state index >= 15 is 0 Å². The van der Waals surface area contributed by atoms with Crippen LogP contribution in [0.3, 0.4) is 0 Å². The first-order valence-corrected chi connectivity index (χ1v) is 6.14. The van der Waals surface area contributed by atoms with Crippen LogP contribution in [0.1, 0.15) is 17.0 Å². The summed E-state index contributed by atoms with van der Waals surface area (Å²) in [5, 5.41) is 5.16. The lowest BCUT2D eigenvalue weighted by atomic mass is 10.2. The molecule has 1 aliphatic heterocycles. The average Bonchev–Trinajstić information content (AvgIpc) is 2.81. The van der Waals surface area contributed by atoms with Crippen LogP contribution in [0, 0.1) is 6.92 Å². The molecule has 1 unspecified atom stereocenters. The lowest BCUT2D eigenvalue weighted by Crippen LogP contribution is -2.39. The van der Waals surface area contributed by atoms with Gasteiger partial charge in [0.05, 0.1) is 30.3 Å². The van der Waals surface area contributed by atoms with Crippen LogP contribution in [-0.4, -0.2) is 29.4 Å². The Balaban J connectivity index is 1.85. The summed E-state index contributed by atoms with van der Waals surface area (Å²) in [7, 11) is 0. The molecule has 1 aliphatic rings. The van der Waals surface area contributed by atoms with Gasteiger partial charge in [-0.2, -0.15) is 0 Å². The number of rotatable bonds is 3. The van der Waals surface area contributed by atoms with Crippen molar-refractivity contribution in [2.75, 3.05) is 6.54 Å². The van der Waals surface area contributed by atoms with Crippen molar-refractivity contribution in [1.82, 2.24) is 15.6 Å². The summed E-state index contributed by atoms with van der Waals surface area (Å²) in [6, 6.07) is -0.793. The second-order valence-electron chi connectivity index (χ2n) is 4.07. The third-order valence-electron chi connectivity index (χ3n) is 2.69. The fourth-order valence-corrected chi connectivity index (χ4v) is 2.40. The number of nitrogens with one attached hydrogen (secondary N) is 2. The van der Waals surface area contributed by atoms with Crippen molar-refractivity contribution in [3.8, 4) is 0 Å². The first kappa shape index (κ1) is 12.4. The predicted octanol–water partition coefficient (Wildman–Crippen LogP) is 1.06. The number of thiazole rings is 1. The maximum Gasteiger partial charge on any atom is 0.262 e. The summed E-state index contributed by atoms with van der Waals surface area (Å²) in [5.74, 6) is -3.16. The summed E-state index contributed by atoms with van der Waals surface area (Å²) in [6.45, 7) is 1.77. The maximum absolute atomic E-state index is 12.9. The quantitative estimate of drug-likeness (QED) is 0.855. The average molecular weight is 261 g/mol. The van der Waals surface area contributed by atoms with E-state index in [-0.39, 0.29) is 5.91 Å². The lowest BCUT2D eigenvalue weighted by molar-refractivity contribution is -0.123. The molecule has 1 aromatic rings. The number of alkyl halides is 2. The van der Waals surface area contributed by atoms with E-state index in [0.29, 0.717) is 6.54 Å². The largest absolute Gasteiger partial charge is 0.350 e. The maximum atomic E-state index is 12.9. The van der Waals surface area contributed by atoms with Gasteiger partial charge >= 0.3 is 0 Å². The molecule has 0 aliphatic carbocycles. The fourth-order valence-electron chi connectivity index (χ4n) is 1.69. The highest BCUT2D eigenvalue weighted by atomic mass is 32.1. The number of aromatic nitrogens is 1. The monoisotopic (exact) mass is 261 g/mol. The second kappa shape index (κ2) is 4.66. The van der Waals surface area contributed by atoms with Gasteiger partial charge in [-0.15, -0.1) is 11.3 Å². The number of carbonyl (C=O) groups is 1. The molecule has 0 radical (unpaired) electrons. The number of aryl methyl sites for hydroxylation is 1. The minimum absolute atomic E-state index is 0.346. The smallest absolute Gasteiger partial charge is 0.262 e. The van der Waals surface area contributed by atoms with E-state index in [1.54, 1.807) is 5.51 Å². The van der Waals surface area contributed by atoms with E-state index < -0.39 is 24.9 Å². The highest BCUT2D eigenvalue weighted by Gasteiger charge is 2.42. The molecule has 1 saturated heterocycles. The number of halogens is 2. The molecule has 2 rings (SSSR count). The summed E-state index contributed by atoms with van der Waals surface area (Å²) < 4.78 is 25.8. The van der Waals surface area contributed by atoms with Gasteiger partial charge in [0.2, 0.25) is 5.91 Å². The van der Waals surface area contributed by atoms with Crippen molar-refractivity contribution in [3.63, 3.8) is 0 Å². The molecular formula is C10H13F2N3OS. The Labute approximate surface area is 101 Å². The van der Waals surface area contributed by atoms with Gasteiger partial charge in [-0.1, -0.05) is 0 Å². The molecule has 0 bridgehead atoms. The van der Waals surface area contributed by atoms with Gasteiger partial charge in [-0.3, -0.25) is 10.1 Å². The molecule has 94 valence electrons. The summed E-state index contributed by atoms with van der Waals surface area (Å²) in [6.07, 6.45) is -0.430. The van der Waals surface area contributed by atoms with Crippen molar-refractivity contribution in [2.45, 2.75) is 31.9 Å². The predicted molar refractivity (Wildman–Crippen MR) is 60.1 cm³/mol. The molecular weight excluding hydrogens is 248 g/mol. The van der Waals surface area contributed by atoms with Gasteiger partial charge in [0.1, 0.15) is 0 Å². The van der Waals surface area contributed by atoms with Crippen LogP contribution in [0.2, 0.25) is 0 Å². The fraction of sp³-hybridized carbons (Fsp3) is 0.600. The van der Waals surface area contributed by atoms with E-state index in [1.165, 1.54) is 11.3 Å². The van der Waals surface area contributed by atoms with Gasteiger partial charge < -0.3 is 5.32 Å². The van der Waals surface area contributed by atoms with Crippen LogP contribution >= 0.6 is 11.3 Å². The molecule has 7 heteroatoms. The number of amides is 1. The van der Waals surface area contributed by atoms with E-state index in [0.717, 1.165) is 10.6 Å². The van der Waals surface area contributed by atoms with E-state index in [4.69, 9.17) is 0 Å². The third-order valence-corrected chi connectivity index (χ3v) is 3.63. The number of hydrogen-bond donors (Lipinski definition) is 2. The van der Waals surface area contributed by atoms with E-state index in [9.17, 15) is 13.6 Å². The number of carbonyl (C=O) groups excluding carboxylic acids is 1. The van der Waals surface area contributed by atoms with Gasteiger partial charge in [-0.25, -0.2) is 13.8 Å². The Morgan fingerprint density at radius 2 is 2.53 bits per heavy atom. The molecule has 1 amide bonds. The minimum atomic E-state index is -2.78. The first-order chi connectivity index (χ1) is 7.98. The van der Waals surface area contributed by atoms with Gasteiger partial charge in [-0.05, 0) is 6.92 Å². The van der Waals surface area contributed by atoms with E-state index in [1.807, 2.05) is 6.92 Å². The molecule has 4 nitrogen and oxygen atoms in total. The first-order valence-electron chi connectivity index (χ1n) is 5.26. The van der Waals surface area contributed by atoms with Gasteiger partial charge in [0.25, 0.3) is 5.92 Å².